The summed E-state index contributed by atoms with van der Waals surface area (Å²) >= 11 is 0. The molecule has 0 spiro atoms. The molecule has 1 aliphatic carbocycles. The third kappa shape index (κ3) is 3.90. The summed E-state index contributed by atoms with van der Waals surface area (Å²) in [5, 5.41) is 3.55. The van der Waals surface area contributed by atoms with Gasteiger partial charge in [0, 0.05) is 24.7 Å². The molecule has 176 valence electrons. The van der Waals surface area contributed by atoms with Crippen LogP contribution >= 0.6 is 0 Å². The van der Waals surface area contributed by atoms with E-state index in [9.17, 15) is 9.59 Å². The number of aromatic amines is 1. The molecule has 6 rings (SSSR count). The van der Waals surface area contributed by atoms with Crippen molar-refractivity contribution in [3.8, 4) is 11.5 Å². The van der Waals surface area contributed by atoms with Crippen LogP contribution in [0.2, 0.25) is 0 Å². The van der Waals surface area contributed by atoms with Crippen molar-refractivity contribution in [2.45, 2.75) is 32.2 Å². The van der Waals surface area contributed by atoms with Gasteiger partial charge in [0.25, 0.3) is 5.56 Å². The minimum Gasteiger partial charge on any atom is -0.486 e. The summed E-state index contributed by atoms with van der Waals surface area (Å²) in [6, 6.07) is 13.8. The van der Waals surface area contributed by atoms with E-state index in [1.165, 1.54) is 0 Å². The predicted octanol–water partition coefficient (Wildman–Crippen LogP) is 3.92. The Labute approximate surface area is 201 Å². The molecule has 1 aliphatic heterocycles. The molecule has 8 nitrogen and oxygen atoms in total. The van der Waals surface area contributed by atoms with Crippen molar-refractivity contribution in [2.75, 3.05) is 18.5 Å². The average Bonchev–Trinajstić information content (AvgIpc) is 2.87. The maximum absolute atomic E-state index is 13.2. The number of aromatic nitrogens is 3. The maximum Gasteiger partial charge on any atom is 0.262 e. The lowest BCUT2D eigenvalue weighted by Crippen LogP contribution is -2.23. The van der Waals surface area contributed by atoms with E-state index in [-0.39, 0.29) is 17.3 Å². The van der Waals surface area contributed by atoms with Gasteiger partial charge in [-0.1, -0.05) is 30.3 Å². The second kappa shape index (κ2) is 8.54. The number of anilines is 1. The number of hydrogen-bond donors (Lipinski definition) is 2. The van der Waals surface area contributed by atoms with Gasteiger partial charge in [-0.25, -0.2) is 4.98 Å². The van der Waals surface area contributed by atoms with Gasteiger partial charge in [-0.3, -0.25) is 14.6 Å². The number of carbonyl (C=O) groups is 1. The quantitative estimate of drug-likeness (QED) is 0.468. The van der Waals surface area contributed by atoms with Crippen molar-refractivity contribution in [3.63, 3.8) is 0 Å². The Kier molecular flexibility index (Phi) is 5.21. The van der Waals surface area contributed by atoms with E-state index < -0.39 is 0 Å². The Morgan fingerprint density at radius 2 is 1.89 bits per heavy atom. The summed E-state index contributed by atoms with van der Waals surface area (Å²) in [6.07, 6.45) is 2.57. The molecule has 2 aliphatic rings. The molecule has 0 fully saturated rings. The second-order valence-electron chi connectivity index (χ2n) is 8.98. The summed E-state index contributed by atoms with van der Waals surface area (Å²) in [5.74, 6) is 1.78. The number of rotatable bonds is 4. The number of ketones is 1. The van der Waals surface area contributed by atoms with Crippen molar-refractivity contribution in [3.05, 3.63) is 86.8 Å². The zero-order chi connectivity index (χ0) is 23.9. The average molecular weight is 469 g/mol. The van der Waals surface area contributed by atoms with Gasteiger partial charge in [-0.2, -0.15) is 4.98 Å². The highest BCUT2D eigenvalue weighted by atomic mass is 16.6. The van der Waals surface area contributed by atoms with Crippen LogP contribution in [0.25, 0.3) is 11.0 Å². The van der Waals surface area contributed by atoms with Gasteiger partial charge in [0.1, 0.15) is 13.2 Å². The van der Waals surface area contributed by atoms with Crippen LogP contribution < -0.4 is 20.3 Å². The van der Waals surface area contributed by atoms with Gasteiger partial charge in [0.2, 0.25) is 5.95 Å². The van der Waals surface area contributed by atoms with Crippen molar-refractivity contribution in [2.24, 2.45) is 0 Å². The lowest BCUT2D eigenvalue weighted by atomic mass is 9.78. The first-order chi connectivity index (χ1) is 17.1. The first kappa shape index (κ1) is 21.3. The van der Waals surface area contributed by atoms with Crippen molar-refractivity contribution >= 4 is 22.8 Å². The normalized spacial score (nSPS) is 16.7. The zero-order valence-electron chi connectivity index (χ0n) is 19.3. The highest BCUT2D eigenvalue weighted by Crippen LogP contribution is 2.36. The van der Waals surface area contributed by atoms with Gasteiger partial charge < -0.3 is 14.8 Å². The van der Waals surface area contributed by atoms with Crippen LogP contribution in [0.1, 0.15) is 45.0 Å². The van der Waals surface area contributed by atoms with Crippen molar-refractivity contribution < 1.29 is 14.3 Å². The van der Waals surface area contributed by atoms with E-state index in [0.29, 0.717) is 60.9 Å². The van der Waals surface area contributed by atoms with E-state index in [0.717, 1.165) is 28.0 Å². The number of pyridine rings is 1. The fourth-order valence-corrected chi connectivity index (χ4v) is 5.00. The Morgan fingerprint density at radius 3 is 2.74 bits per heavy atom. The topological polar surface area (TPSA) is 106 Å². The van der Waals surface area contributed by atoms with Gasteiger partial charge in [0.15, 0.2) is 22.9 Å². The minimum absolute atomic E-state index is 0.00844. The van der Waals surface area contributed by atoms with Gasteiger partial charge in [-0.05, 0) is 53.6 Å². The van der Waals surface area contributed by atoms with Crippen LogP contribution in [0.4, 0.5) is 5.95 Å². The van der Waals surface area contributed by atoms with Crippen LogP contribution in [0, 0.1) is 6.92 Å². The Morgan fingerprint density at radius 1 is 1.06 bits per heavy atom. The standard InChI is InChI=1S/C27H24N4O4/c1-15-4-2-3-5-18(15)17-11-19-20(21(32)12-17)14-28-25-24(19)26(33)31-27(30-25)29-13-16-6-7-22-23(10-16)35-9-8-34-22/h2-7,10,14,17H,8-9,11-13H2,1H3,(H2,28,29,30,31,33). The third-order valence-electron chi connectivity index (χ3n) is 6.72. The van der Waals surface area contributed by atoms with Crippen molar-refractivity contribution in [1.29, 1.82) is 0 Å². The highest BCUT2D eigenvalue weighted by Gasteiger charge is 2.30. The summed E-state index contributed by atoms with van der Waals surface area (Å²) < 4.78 is 11.2. The largest absolute Gasteiger partial charge is 0.486 e. The van der Waals surface area contributed by atoms with E-state index in [1.807, 2.05) is 43.3 Å². The second-order valence-corrected chi connectivity index (χ2v) is 8.98. The molecule has 0 saturated heterocycles. The molecule has 2 aromatic carbocycles. The number of ether oxygens (including phenoxy) is 2. The molecule has 35 heavy (non-hydrogen) atoms. The number of carbonyl (C=O) groups excluding carboxylic acids is 1. The van der Waals surface area contributed by atoms with Gasteiger partial charge in [-0.15, -0.1) is 0 Å². The molecule has 0 amide bonds. The number of H-pyrrole nitrogens is 1. The minimum atomic E-state index is -0.303. The van der Waals surface area contributed by atoms with Crippen LogP contribution in [-0.4, -0.2) is 33.9 Å². The smallest absolute Gasteiger partial charge is 0.262 e. The van der Waals surface area contributed by atoms with Crippen molar-refractivity contribution in [1.82, 2.24) is 15.0 Å². The lowest BCUT2D eigenvalue weighted by Gasteiger charge is -2.25. The number of aryl methyl sites for hydroxylation is 1. The first-order valence-corrected chi connectivity index (χ1v) is 11.7. The molecular formula is C27H24N4O4. The monoisotopic (exact) mass is 468 g/mol. The van der Waals surface area contributed by atoms with Crippen LogP contribution in [-0.2, 0) is 13.0 Å². The number of benzene rings is 2. The van der Waals surface area contributed by atoms with Gasteiger partial charge in [0.05, 0.1) is 5.39 Å². The van der Waals surface area contributed by atoms with Crippen LogP contribution in [0.3, 0.4) is 0 Å². The lowest BCUT2D eigenvalue weighted by molar-refractivity contribution is 0.0964. The Bertz CT molecular complexity index is 1530. The Balaban J connectivity index is 1.31. The summed E-state index contributed by atoms with van der Waals surface area (Å²) in [4.78, 5) is 37.9. The molecule has 1 atom stereocenters. The molecule has 2 N–H and O–H groups in total. The zero-order valence-corrected chi connectivity index (χ0v) is 19.3. The first-order valence-electron chi connectivity index (χ1n) is 11.7. The predicted molar refractivity (Wildman–Crippen MR) is 131 cm³/mol. The fourth-order valence-electron chi connectivity index (χ4n) is 5.00. The number of nitrogens with one attached hydrogen (secondary N) is 2. The third-order valence-corrected chi connectivity index (χ3v) is 6.72. The molecule has 2 aromatic heterocycles. The van der Waals surface area contributed by atoms with E-state index in [4.69, 9.17) is 9.47 Å². The molecule has 4 aromatic rings. The molecule has 0 bridgehead atoms. The summed E-state index contributed by atoms with van der Waals surface area (Å²) in [5.41, 5.74) is 4.52. The summed E-state index contributed by atoms with van der Waals surface area (Å²) in [7, 11) is 0. The van der Waals surface area contributed by atoms with Gasteiger partial charge >= 0.3 is 0 Å². The molecular weight excluding hydrogens is 444 g/mol. The molecule has 3 heterocycles. The Hall–Kier alpha value is -4.20. The molecule has 0 radical (unpaired) electrons. The number of Topliss-reactive ketones (excluding diaryl/α,β-unsaturated/α-hetero) is 1. The summed E-state index contributed by atoms with van der Waals surface area (Å²) in [6.45, 7) is 3.55. The number of fused-ring (bicyclic) bond motifs is 4. The SMILES string of the molecule is Cc1ccccc1C1CC(=O)c2cnc3nc(NCc4ccc5c(c4)OCCO5)[nH]c(=O)c3c2C1. The van der Waals surface area contributed by atoms with E-state index >= 15 is 0 Å². The fraction of sp³-hybridized carbons (Fsp3) is 0.259. The number of hydrogen-bond acceptors (Lipinski definition) is 7. The highest BCUT2D eigenvalue weighted by molar-refractivity contribution is 6.02. The molecule has 1 unspecified atom stereocenters. The number of nitrogens with zero attached hydrogens (tertiary/aromatic N) is 2. The van der Waals surface area contributed by atoms with E-state index in [2.05, 4.69) is 26.3 Å². The van der Waals surface area contributed by atoms with Crippen LogP contribution in [0.15, 0.2) is 53.5 Å². The molecule has 0 saturated carbocycles. The van der Waals surface area contributed by atoms with E-state index in [1.54, 1.807) is 6.20 Å². The van der Waals surface area contributed by atoms with Crippen LogP contribution in [0.5, 0.6) is 11.5 Å². The molecule has 8 heteroatoms. The maximum atomic E-state index is 13.2.